The highest BCUT2D eigenvalue weighted by atomic mass is 16.5. The highest BCUT2D eigenvalue weighted by Gasteiger charge is 2.13. The quantitative estimate of drug-likeness (QED) is 0.523. The van der Waals surface area contributed by atoms with Crippen molar-refractivity contribution in [2.24, 2.45) is 5.92 Å². The Morgan fingerprint density at radius 1 is 1.04 bits per heavy atom. The van der Waals surface area contributed by atoms with Crippen LogP contribution in [0, 0.1) is 12.8 Å². The van der Waals surface area contributed by atoms with Crippen molar-refractivity contribution in [2.75, 3.05) is 26.9 Å². The molecule has 2 atom stereocenters. The zero-order valence-corrected chi connectivity index (χ0v) is 17.2. The molecule has 2 unspecified atom stereocenters. The van der Waals surface area contributed by atoms with Crippen LogP contribution in [0.15, 0.2) is 30.3 Å². The van der Waals surface area contributed by atoms with Crippen LogP contribution in [0.4, 0.5) is 0 Å². The molecule has 0 saturated heterocycles. The van der Waals surface area contributed by atoms with Gasteiger partial charge in [0.25, 0.3) is 0 Å². The van der Waals surface area contributed by atoms with Gasteiger partial charge < -0.3 is 19.3 Å². The van der Waals surface area contributed by atoms with E-state index in [1.54, 1.807) is 7.11 Å². The molecule has 0 aliphatic carbocycles. The van der Waals surface area contributed by atoms with Gasteiger partial charge in [-0.15, -0.1) is 0 Å². The molecule has 0 amide bonds. The van der Waals surface area contributed by atoms with Gasteiger partial charge in [0.05, 0.1) is 13.7 Å². The fraction of sp³-hybridized carbons (Fsp3) is 0.565. The minimum absolute atomic E-state index is 0.212. The van der Waals surface area contributed by atoms with E-state index < -0.39 is 6.10 Å². The van der Waals surface area contributed by atoms with Crippen LogP contribution in [-0.4, -0.2) is 38.1 Å². The fourth-order valence-corrected chi connectivity index (χ4v) is 3.47. The summed E-state index contributed by atoms with van der Waals surface area (Å²) in [5.41, 5.74) is 0.990. The molecule has 0 fully saturated rings. The van der Waals surface area contributed by atoms with E-state index >= 15 is 0 Å². The summed E-state index contributed by atoms with van der Waals surface area (Å²) < 4.78 is 17.1. The molecule has 150 valence electrons. The summed E-state index contributed by atoms with van der Waals surface area (Å²) >= 11 is 0. The monoisotopic (exact) mass is 374 g/mol. The van der Waals surface area contributed by atoms with E-state index in [9.17, 15) is 5.11 Å². The van der Waals surface area contributed by atoms with Gasteiger partial charge in [0.1, 0.15) is 24.2 Å². The molecule has 1 N–H and O–H groups in total. The van der Waals surface area contributed by atoms with Crippen molar-refractivity contribution in [2.45, 2.75) is 52.6 Å². The predicted octanol–water partition coefficient (Wildman–Crippen LogP) is 5.13. The van der Waals surface area contributed by atoms with Crippen LogP contribution in [0.3, 0.4) is 0 Å². The van der Waals surface area contributed by atoms with E-state index in [1.807, 2.05) is 37.3 Å². The van der Waals surface area contributed by atoms with Gasteiger partial charge in [0, 0.05) is 17.4 Å². The first-order valence-corrected chi connectivity index (χ1v) is 10.1. The van der Waals surface area contributed by atoms with Crippen LogP contribution < -0.4 is 9.47 Å². The van der Waals surface area contributed by atoms with E-state index in [0.29, 0.717) is 13.2 Å². The molecule has 0 aliphatic heterocycles. The van der Waals surface area contributed by atoms with Crippen molar-refractivity contribution in [1.29, 1.82) is 0 Å². The molecule has 2 rings (SSSR count). The lowest BCUT2D eigenvalue weighted by molar-refractivity contribution is 0.00804. The van der Waals surface area contributed by atoms with Crippen LogP contribution in [0.1, 0.15) is 45.1 Å². The van der Waals surface area contributed by atoms with Crippen molar-refractivity contribution < 1.29 is 19.3 Å². The SMILES string of the molecule is CCCC(CC)CCOCC(O)COc1c(C)cc(OC)c2ccccc12. The zero-order chi connectivity index (χ0) is 19.6. The molecule has 0 radical (unpaired) electrons. The molecule has 2 aromatic rings. The standard InChI is InChI=1S/C23H34O4/c1-5-9-18(6-2)12-13-26-15-19(24)16-27-23-17(3)14-22(25-4)20-10-7-8-11-21(20)23/h7-8,10-11,14,18-19,24H,5-6,9,12-13,15-16H2,1-4H3. The summed E-state index contributed by atoms with van der Waals surface area (Å²) in [5.74, 6) is 2.34. The summed E-state index contributed by atoms with van der Waals surface area (Å²) in [7, 11) is 1.67. The fourth-order valence-electron chi connectivity index (χ4n) is 3.47. The van der Waals surface area contributed by atoms with Gasteiger partial charge >= 0.3 is 0 Å². The predicted molar refractivity (Wildman–Crippen MR) is 111 cm³/mol. The average molecular weight is 375 g/mol. The van der Waals surface area contributed by atoms with Crippen LogP contribution in [0.2, 0.25) is 0 Å². The van der Waals surface area contributed by atoms with Gasteiger partial charge in [0.15, 0.2) is 0 Å². The Hall–Kier alpha value is -1.78. The number of fused-ring (bicyclic) bond motifs is 1. The number of ether oxygens (including phenoxy) is 3. The van der Waals surface area contributed by atoms with Crippen molar-refractivity contribution >= 4 is 10.8 Å². The number of aryl methyl sites for hydroxylation is 1. The third-order valence-corrected chi connectivity index (χ3v) is 5.04. The molecular formula is C23H34O4. The number of hydrogen-bond donors (Lipinski definition) is 1. The van der Waals surface area contributed by atoms with E-state index in [2.05, 4.69) is 13.8 Å². The number of hydrogen-bond acceptors (Lipinski definition) is 4. The van der Waals surface area contributed by atoms with Gasteiger partial charge in [-0.3, -0.25) is 0 Å². The number of methoxy groups -OCH3 is 1. The van der Waals surface area contributed by atoms with Gasteiger partial charge in [-0.2, -0.15) is 0 Å². The maximum absolute atomic E-state index is 10.2. The Kier molecular flexibility index (Phi) is 8.89. The second kappa shape index (κ2) is 11.2. The molecule has 27 heavy (non-hydrogen) atoms. The van der Waals surface area contributed by atoms with Crippen LogP contribution in [0.25, 0.3) is 10.8 Å². The van der Waals surface area contributed by atoms with Gasteiger partial charge in [-0.25, -0.2) is 0 Å². The third kappa shape index (κ3) is 6.12. The second-order valence-electron chi connectivity index (χ2n) is 7.16. The molecule has 0 bridgehead atoms. The minimum Gasteiger partial charge on any atom is -0.496 e. The van der Waals surface area contributed by atoms with Crippen molar-refractivity contribution in [3.05, 3.63) is 35.9 Å². The summed E-state index contributed by atoms with van der Waals surface area (Å²) in [4.78, 5) is 0. The van der Waals surface area contributed by atoms with Crippen LogP contribution in [-0.2, 0) is 4.74 Å². The molecule has 4 nitrogen and oxygen atoms in total. The largest absolute Gasteiger partial charge is 0.496 e. The second-order valence-corrected chi connectivity index (χ2v) is 7.16. The smallest absolute Gasteiger partial charge is 0.130 e. The van der Waals surface area contributed by atoms with Crippen LogP contribution in [0.5, 0.6) is 11.5 Å². The Morgan fingerprint density at radius 3 is 2.44 bits per heavy atom. The topological polar surface area (TPSA) is 47.9 Å². The van der Waals surface area contributed by atoms with Crippen molar-refractivity contribution in [3.8, 4) is 11.5 Å². The first kappa shape index (κ1) is 21.5. The number of aliphatic hydroxyl groups is 1. The molecule has 0 heterocycles. The average Bonchev–Trinajstić information content (AvgIpc) is 2.69. The highest BCUT2D eigenvalue weighted by molar-refractivity contribution is 5.94. The summed E-state index contributed by atoms with van der Waals surface area (Å²) in [6.07, 6.45) is 4.06. The molecule has 0 saturated carbocycles. The summed E-state index contributed by atoms with van der Waals surface area (Å²) in [6.45, 7) is 7.64. The lowest BCUT2D eigenvalue weighted by Crippen LogP contribution is -2.24. The Labute approximate surface area is 163 Å². The maximum atomic E-state index is 10.2. The Morgan fingerprint density at radius 2 is 1.78 bits per heavy atom. The van der Waals surface area contributed by atoms with Crippen molar-refractivity contribution in [1.82, 2.24) is 0 Å². The zero-order valence-electron chi connectivity index (χ0n) is 17.2. The lowest BCUT2D eigenvalue weighted by Gasteiger charge is -2.18. The van der Waals surface area contributed by atoms with Crippen molar-refractivity contribution in [3.63, 3.8) is 0 Å². The third-order valence-electron chi connectivity index (χ3n) is 5.04. The number of benzene rings is 2. The number of rotatable bonds is 12. The first-order chi connectivity index (χ1) is 13.1. The van der Waals surface area contributed by atoms with Gasteiger partial charge in [0.2, 0.25) is 0 Å². The maximum Gasteiger partial charge on any atom is 0.130 e. The Balaban J connectivity index is 1.88. The highest BCUT2D eigenvalue weighted by Crippen LogP contribution is 2.36. The summed E-state index contributed by atoms with van der Waals surface area (Å²) in [6, 6.07) is 9.96. The molecule has 2 aromatic carbocycles. The number of aliphatic hydroxyl groups excluding tert-OH is 1. The van der Waals surface area contributed by atoms with E-state index in [-0.39, 0.29) is 6.61 Å². The molecule has 0 aliphatic rings. The van der Waals surface area contributed by atoms with Crippen LogP contribution >= 0.6 is 0 Å². The first-order valence-electron chi connectivity index (χ1n) is 10.1. The van der Waals surface area contributed by atoms with Gasteiger partial charge in [-0.05, 0) is 30.9 Å². The van der Waals surface area contributed by atoms with E-state index in [4.69, 9.17) is 14.2 Å². The molecule has 4 heteroatoms. The van der Waals surface area contributed by atoms with Gasteiger partial charge in [-0.1, -0.05) is 57.4 Å². The minimum atomic E-state index is -0.642. The van der Waals surface area contributed by atoms with E-state index in [0.717, 1.165) is 40.2 Å². The molecule has 0 aromatic heterocycles. The lowest BCUT2D eigenvalue weighted by atomic mass is 9.98. The molecule has 0 spiro atoms. The normalized spacial score (nSPS) is 13.5. The van der Waals surface area contributed by atoms with E-state index in [1.165, 1.54) is 19.3 Å². The molecular weight excluding hydrogens is 340 g/mol. The summed E-state index contributed by atoms with van der Waals surface area (Å²) in [5, 5.41) is 12.2. The Bertz CT molecular complexity index is 698.